The number of ether oxygens (including phenoxy) is 1. The van der Waals surface area contributed by atoms with Crippen LogP contribution in [0.25, 0.3) is 0 Å². The number of amides is 1. The molecule has 0 saturated carbocycles. The molecule has 0 heterocycles. The minimum Gasteiger partial charge on any atom is -0.466 e. The number of esters is 1. The first-order valence-electron chi connectivity index (χ1n) is 25.6. The van der Waals surface area contributed by atoms with Crippen molar-refractivity contribution in [3.05, 3.63) is 24.3 Å². The second-order valence-electron chi connectivity index (χ2n) is 17.5. The molecule has 0 aliphatic rings. The van der Waals surface area contributed by atoms with Crippen LogP contribution in [-0.4, -0.2) is 47.4 Å². The third-order valence-corrected chi connectivity index (χ3v) is 11.8. The number of hydrogen-bond donors (Lipinski definition) is 3. The van der Waals surface area contributed by atoms with E-state index in [0.717, 1.165) is 57.8 Å². The molecule has 0 fully saturated rings. The number of hydrogen-bond acceptors (Lipinski definition) is 5. The molecule has 0 aliphatic heterocycles. The summed E-state index contributed by atoms with van der Waals surface area (Å²) in [4.78, 5) is 24.4. The van der Waals surface area contributed by atoms with Crippen molar-refractivity contribution in [1.82, 2.24) is 5.32 Å². The highest BCUT2D eigenvalue weighted by molar-refractivity contribution is 5.76. The number of carbonyl (C=O) groups excluding carboxylic acids is 2. The Morgan fingerprint density at radius 3 is 1.34 bits per heavy atom. The van der Waals surface area contributed by atoms with Gasteiger partial charge >= 0.3 is 5.97 Å². The summed E-state index contributed by atoms with van der Waals surface area (Å²) in [6, 6.07) is -0.547. The van der Waals surface area contributed by atoms with Gasteiger partial charge in [0.05, 0.1) is 25.4 Å². The number of carbonyl (C=O) groups is 2. The Kier molecular flexibility index (Phi) is 46.6. The maximum atomic E-state index is 12.4. The van der Waals surface area contributed by atoms with Gasteiger partial charge in [-0.2, -0.15) is 0 Å². The molecule has 0 aromatic heterocycles. The molecule has 58 heavy (non-hydrogen) atoms. The lowest BCUT2D eigenvalue weighted by molar-refractivity contribution is -0.143. The van der Waals surface area contributed by atoms with E-state index in [4.69, 9.17) is 4.74 Å². The fraction of sp³-hybridized carbons (Fsp3) is 0.885. The Bertz CT molecular complexity index is 904. The summed E-state index contributed by atoms with van der Waals surface area (Å²) in [5.74, 6) is -0.0590. The van der Waals surface area contributed by atoms with Crippen LogP contribution < -0.4 is 5.32 Å². The van der Waals surface area contributed by atoms with Gasteiger partial charge in [-0.05, 0) is 57.8 Å². The highest BCUT2D eigenvalue weighted by Gasteiger charge is 2.20. The number of unbranched alkanes of at least 4 members (excludes halogenated alkanes) is 32. The van der Waals surface area contributed by atoms with Crippen molar-refractivity contribution in [2.75, 3.05) is 13.2 Å². The SMILES string of the molecule is CCCCC/C=C\C/C=C\CCCCCCCC(=O)OCCCCCCCCCCCCCCCCCC(=O)NC(CO)C(O)CCCCCCCCCCCCC. The molecule has 0 saturated heterocycles. The first-order chi connectivity index (χ1) is 28.5. The third-order valence-electron chi connectivity index (χ3n) is 11.8. The molecule has 0 radical (unpaired) electrons. The fourth-order valence-electron chi connectivity index (χ4n) is 7.79. The summed E-state index contributed by atoms with van der Waals surface area (Å²) in [5.41, 5.74) is 0. The normalized spacial score (nSPS) is 12.8. The number of rotatable bonds is 47. The zero-order valence-electron chi connectivity index (χ0n) is 38.8. The third kappa shape index (κ3) is 43.9. The lowest BCUT2D eigenvalue weighted by atomic mass is 10.0. The first-order valence-corrected chi connectivity index (χ1v) is 25.6. The molecule has 0 spiro atoms. The molecule has 3 N–H and O–H groups in total. The lowest BCUT2D eigenvalue weighted by Gasteiger charge is -2.22. The molecule has 342 valence electrons. The minimum atomic E-state index is -0.668. The van der Waals surface area contributed by atoms with Gasteiger partial charge in [-0.15, -0.1) is 0 Å². The maximum absolute atomic E-state index is 12.4. The van der Waals surface area contributed by atoms with E-state index in [9.17, 15) is 19.8 Å². The Labute approximate surface area is 361 Å². The molecule has 6 heteroatoms. The van der Waals surface area contributed by atoms with Gasteiger partial charge in [0.15, 0.2) is 0 Å². The number of allylic oxidation sites excluding steroid dienone is 4. The van der Waals surface area contributed by atoms with Gasteiger partial charge in [0.25, 0.3) is 0 Å². The van der Waals surface area contributed by atoms with Gasteiger partial charge in [-0.1, -0.05) is 224 Å². The second kappa shape index (κ2) is 48.0. The largest absolute Gasteiger partial charge is 0.466 e. The highest BCUT2D eigenvalue weighted by Crippen LogP contribution is 2.16. The van der Waals surface area contributed by atoms with Gasteiger partial charge in [0.2, 0.25) is 5.91 Å². The molecular formula is C52H99NO5. The Morgan fingerprint density at radius 1 is 0.483 bits per heavy atom. The van der Waals surface area contributed by atoms with Crippen molar-refractivity contribution in [3.63, 3.8) is 0 Å². The van der Waals surface area contributed by atoms with E-state index in [2.05, 4.69) is 43.5 Å². The summed E-state index contributed by atoms with van der Waals surface area (Å²) < 4.78 is 5.46. The van der Waals surface area contributed by atoms with Gasteiger partial charge in [0, 0.05) is 12.8 Å². The summed E-state index contributed by atoms with van der Waals surface area (Å²) in [6.07, 6.45) is 55.7. The Morgan fingerprint density at radius 2 is 0.862 bits per heavy atom. The molecule has 0 aromatic carbocycles. The number of aliphatic hydroxyl groups excluding tert-OH is 2. The van der Waals surface area contributed by atoms with Crippen LogP contribution >= 0.6 is 0 Å². The molecule has 0 aliphatic carbocycles. The topological polar surface area (TPSA) is 95.9 Å². The summed E-state index contributed by atoms with van der Waals surface area (Å²) in [6.45, 7) is 4.89. The molecule has 6 nitrogen and oxygen atoms in total. The van der Waals surface area contributed by atoms with Crippen LogP contribution in [-0.2, 0) is 14.3 Å². The summed E-state index contributed by atoms with van der Waals surface area (Å²) in [5, 5.41) is 23.1. The van der Waals surface area contributed by atoms with Crippen molar-refractivity contribution >= 4 is 11.9 Å². The molecule has 2 atom stereocenters. The van der Waals surface area contributed by atoms with Crippen LogP contribution in [0.3, 0.4) is 0 Å². The monoisotopic (exact) mass is 818 g/mol. The predicted octanol–water partition coefficient (Wildman–Crippen LogP) is 15.1. The van der Waals surface area contributed by atoms with E-state index in [0.29, 0.717) is 25.9 Å². The summed E-state index contributed by atoms with van der Waals surface area (Å²) >= 11 is 0. The van der Waals surface area contributed by atoms with Crippen molar-refractivity contribution in [2.45, 2.75) is 283 Å². The molecule has 0 aromatic rings. The van der Waals surface area contributed by atoms with Gasteiger partial charge in [-0.3, -0.25) is 9.59 Å². The Balaban J connectivity index is 3.43. The standard InChI is InChI=1S/C52H99NO5/c1-3-5-7-9-11-13-15-16-18-22-26-30-34-38-42-46-52(57)58-47-43-39-35-31-27-23-20-17-19-21-25-29-33-37-41-45-51(56)53-49(48-54)50(55)44-40-36-32-28-24-14-12-10-8-6-4-2/h11,13,16,18,49-50,54-55H,3-10,12,14-15,17,19-48H2,1-2H3,(H,53,56)/b13-11-,18-16-. The Hall–Kier alpha value is -1.66. The van der Waals surface area contributed by atoms with Crippen LogP contribution in [0.5, 0.6) is 0 Å². The van der Waals surface area contributed by atoms with Gasteiger partial charge in [0.1, 0.15) is 0 Å². The number of aliphatic hydroxyl groups is 2. The number of nitrogens with one attached hydrogen (secondary N) is 1. The van der Waals surface area contributed by atoms with E-state index in [-0.39, 0.29) is 18.5 Å². The zero-order valence-corrected chi connectivity index (χ0v) is 38.8. The van der Waals surface area contributed by atoms with E-state index in [1.807, 2.05) is 0 Å². The van der Waals surface area contributed by atoms with Crippen LogP contribution in [0.1, 0.15) is 271 Å². The maximum Gasteiger partial charge on any atom is 0.305 e. The van der Waals surface area contributed by atoms with E-state index in [1.165, 1.54) is 180 Å². The van der Waals surface area contributed by atoms with E-state index >= 15 is 0 Å². The van der Waals surface area contributed by atoms with Crippen LogP contribution in [0.15, 0.2) is 24.3 Å². The van der Waals surface area contributed by atoms with Gasteiger partial charge < -0.3 is 20.3 Å². The molecule has 0 bridgehead atoms. The van der Waals surface area contributed by atoms with E-state index in [1.54, 1.807) is 0 Å². The molecular weight excluding hydrogens is 719 g/mol. The molecule has 0 rings (SSSR count). The van der Waals surface area contributed by atoms with Crippen molar-refractivity contribution in [2.24, 2.45) is 0 Å². The van der Waals surface area contributed by atoms with Crippen molar-refractivity contribution in [3.8, 4) is 0 Å². The first kappa shape index (κ1) is 56.3. The van der Waals surface area contributed by atoms with Gasteiger partial charge in [-0.25, -0.2) is 0 Å². The minimum absolute atomic E-state index is 0.0136. The van der Waals surface area contributed by atoms with Crippen LogP contribution in [0.2, 0.25) is 0 Å². The highest BCUT2D eigenvalue weighted by atomic mass is 16.5. The fourth-order valence-corrected chi connectivity index (χ4v) is 7.79. The smallest absolute Gasteiger partial charge is 0.305 e. The van der Waals surface area contributed by atoms with E-state index < -0.39 is 12.1 Å². The average Bonchev–Trinajstić information content (AvgIpc) is 3.22. The zero-order chi connectivity index (χ0) is 42.3. The van der Waals surface area contributed by atoms with Crippen LogP contribution in [0, 0.1) is 0 Å². The summed E-state index contributed by atoms with van der Waals surface area (Å²) in [7, 11) is 0. The quantitative estimate of drug-likeness (QED) is 0.0323. The average molecular weight is 818 g/mol. The lowest BCUT2D eigenvalue weighted by Crippen LogP contribution is -2.45. The molecule has 1 amide bonds. The van der Waals surface area contributed by atoms with Crippen molar-refractivity contribution in [1.29, 1.82) is 0 Å². The van der Waals surface area contributed by atoms with Crippen LogP contribution in [0.4, 0.5) is 0 Å². The predicted molar refractivity (Wildman–Crippen MR) is 250 cm³/mol. The second-order valence-corrected chi connectivity index (χ2v) is 17.5. The molecule has 2 unspecified atom stereocenters. The van der Waals surface area contributed by atoms with Crippen molar-refractivity contribution < 1.29 is 24.5 Å².